The molecule has 0 N–H and O–H groups in total. The van der Waals surface area contributed by atoms with Crippen molar-refractivity contribution in [3.8, 4) is 5.75 Å². The average molecular weight is 441 g/mol. The zero-order valence-electron chi connectivity index (χ0n) is 18.4. The molecule has 2 aliphatic heterocycles. The number of carbonyl (C=O) groups is 2. The van der Waals surface area contributed by atoms with E-state index in [0.717, 1.165) is 51.6 Å². The monoisotopic (exact) mass is 440 g/mol. The predicted octanol–water partition coefficient (Wildman–Crippen LogP) is 3.68. The Labute approximate surface area is 187 Å². The number of benzene rings is 1. The zero-order valence-corrected chi connectivity index (χ0v) is 18.4. The van der Waals surface area contributed by atoms with E-state index < -0.39 is 0 Å². The Morgan fingerprint density at radius 3 is 2.50 bits per heavy atom. The molecule has 1 aromatic heterocycles. The van der Waals surface area contributed by atoms with Gasteiger partial charge in [0.15, 0.2) is 12.4 Å². The van der Waals surface area contributed by atoms with Gasteiger partial charge < -0.3 is 14.5 Å². The van der Waals surface area contributed by atoms with Crippen LogP contribution in [0.5, 0.6) is 5.75 Å². The summed E-state index contributed by atoms with van der Waals surface area (Å²) in [5.41, 5.74) is 1.18. The summed E-state index contributed by atoms with van der Waals surface area (Å²) >= 11 is 0. The Morgan fingerprint density at radius 1 is 1.06 bits per heavy atom. The first kappa shape index (κ1) is 22.2. The van der Waals surface area contributed by atoms with Crippen molar-refractivity contribution >= 4 is 11.8 Å². The van der Waals surface area contributed by atoms with E-state index in [9.17, 15) is 14.0 Å². The van der Waals surface area contributed by atoms with Gasteiger partial charge in [-0.15, -0.1) is 0 Å². The summed E-state index contributed by atoms with van der Waals surface area (Å²) in [6.07, 6.45) is 7.48. The molecule has 0 spiro atoms. The van der Waals surface area contributed by atoms with E-state index in [1.54, 1.807) is 11.1 Å². The van der Waals surface area contributed by atoms with Crippen LogP contribution in [0, 0.1) is 12.7 Å². The fourth-order valence-corrected chi connectivity index (χ4v) is 4.38. The van der Waals surface area contributed by atoms with Crippen molar-refractivity contribution in [3.05, 3.63) is 53.4 Å². The number of halogens is 1. The van der Waals surface area contributed by atoms with Crippen LogP contribution in [0.25, 0.3) is 0 Å². The van der Waals surface area contributed by atoms with Gasteiger partial charge in [0.1, 0.15) is 11.6 Å². The molecule has 170 valence electrons. The quantitative estimate of drug-likeness (QED) is 0.709. The largest absolute Gasteiger partial charge is 0.484 e. The summed E-state index contributed by atoms with van der Waals surface area (Å²) in [7, 11) is 0. The van der Waals surface area contributed by atoms with Crippen molar-refractivity contribution in [1.29, 1.82) is 0 Å². The van der Waals surface area contributed by atoms with Crippen LogP contribution in [-0.2, 0) is 4.79 Å². The molecule has 2 aromatic rings. The van der Waals surface area contributed by atoms with Crippen molar-refractivity contribution in [2.45, 2.75) is 51.5 Å². The summed E-state index contributed by atoms with van der Waals surface area (Å²) in [4.78, 5) is 38.5. The maximum atomic E-state index is 13.1. The zero-order chi connectivity index (χ0) is 22.5. The van der Waals surface area contributed by atoms with E-state index in [4.69, 9.17) is 4.74 Å². The van der Waals surface area contributed by atoms with Crippen LogP contribution < -0.4 is 4.74 Å². The third-order valence-electron chi connectivity index (χ3n) is 6.17. The van der Waals surface area contributed by atoms with Crippen LogP contribution in [0.15, 0.2) is 30.5 Å². The molecule has 7 nitrogen and oxygen atoms in total. The topological polar surface area (TPSA) is 75.6 Å². The van der Waals surface area contributed by atoms with Crippen LogP contribution in [0.2, 0.25) is 0 Å². The van der Waals surface area contributed by atoms with Gasteiger partial charge in [0.25, 0.3) is 11.8 Å². The minimum atomic E-state index is -0.352. The van der Waals surface area contributed by atoms with Gasteiger partial charge in [-0.25, -0.2) is 14.4 Å². The number of hydrogen-bond acceptors (Lipinski definition) is 5. The van der Waals surface area contributed by atoms with Gasteiger partial charge in [-0.1, -0.05) is 0 Å². The van der Waals surface area contributed by atoms with Crippen molar-refractivity contribution in [1.82, 2.24) is 19.8 Å². The number of likely N-dealkylation sites (tertiary alicyclic amines) is 2. The molecule has 32 heavy (non-hydrogen) atoms. The number of aromatic nitrogens is 2. The molecule has 0 saturated carbocycles. The summed E-state index contributed by atoms with van der Waals surface area (Å²) < 4.78 is 18.6. The molecule has 1 atom stereocenters. The number of hydrogen-bond donors (Lipinski definition) is 0. The van der Waals surface area contributed by atoms with Gasteiger partial charge in [0.05, 0.1) is 17.3 Å². The van der Waals surface area contributed by atoms with E-state index in [2.05, 4.69) is 9.97 Å². The number of nitrogens with zero attached hydrogens (tertiary/aromatic N) is 4. The smallest absolute Gasteiger partial charge is 0.261 e. The standard InChI is InChI=1S/C24H29FN4O3/c1-17-20(24(31)28-12-4-2-5-13-28)15-26-23(27-17)21-7-3-6-14-29(21)22(30)16-32-19-10-8-18(25)9-11-19/h8-11,15,21H,2-7,12-14,16H2,1H3. The van der Waals surface area contributed by atoms with Crippen LogP contribution in [0.3, 0.4) is 0 Å². The Kier molecular flexibility index (Phi) is 6.97. The van der Waals surface area contributed by atoms with Gasteiger partial charge in [-0.05, 0) is 69.7 Å². The fourth-order valence-electron chi connectivity index (χ4n) is 4.38. The number of rotatable bonds is 5. The Hall–Kier alpha value is -3.03. The van der Waals surface area contributed by atoms with Crippen molar-refractivity contribution in [2.24, 2.45) is 0 Å². The predicted molar refractivity (Wildman–Crippen MR) is 117 cm³/mol. The number of aryl methyl sites for hydroxylation is 1. The maximum Gasteiger partial charge on any atom is 0.261 e. The van der Waals surface area contributed by atoms with Gasteiger partial charge in [-0.3, -0.25) is 9.59 Å². The molecule has 1 unspecified atom stereocenters. The Bertz CT molecular complexity index is 960. The lowest BCUT2D eigenvalue weighted by Crippen LogP contribution is -2.42. The molecule has 2 saturated heterocycles. The van der Waals surface area contributed by atoms with Gasteiger partial charge in [-0.2, -0.15) is 0 Å². The lowest BCUT2D eigenvalue weighted by Gasteiger charge is -2.35. The van der Waals surface area contributed by atoms with E-state index in [1.807, 2.05) is 11.8 Å². The van der Waals surface area contributed by atoms with E-state index in [-0.39, 0.29) is 30.3 Å². The maximum absolute atomic E-state index is 13.1. The van der Waals surface area contributed by atoms with Gasteiger partial charge >= 0.3 is 0 Å². The Balaban J connectivity index is 1.45. The highest BCUT2D eigenvalue weighted by Crippen LogP contribution is 2.29. The molecule has 0 radical (unpaired) electrons. The number of ether oxygens (including phenoxy) is 1. The van der Waals surface area contributed by atoms with Crippen molar-refractivity contribution in [3.63, 3.8) is 0 Å². The fraction of sp³-hybridized carbons (Fsp3) is 0.500. The van der Waals surface area contributed by atoms with Crippen LogP contribution in [-0.4, -0.2) is 57.8 Å². The number of piperidine rings is 2. The molecule has 0 bridgehead atoms. The highest BCUT2D eigenvalue weighted by molar-refractivity contribution is 5.95. The number of amides is 2. The molecular formula is C24H29FN4O3. The molecule has 2 fully saturated rings. The molecule has 3 heterocycles. The third-order valence-corrected chi connectivity index (χ3v) is 6.17. The lowest BCUT2D eigenvalue weighted by molar-refractivity contribution is -0.137. The van der Waals surface area contributed by atoms with E-state index >= 15 is 0 Å². The first-order valence-electron chi connectivity index (χ1n) is 11.3. The summed E-state index contributed by atoms with van der Waals surface area (Å²) in [5, 5.41) is 0. The summed E-state index contributed by atoms with van der Waals surface area (Å²) in [6.45, 7) is 3.85. The normalized spacial score (nSPS) is 19.0. The molecule has 8 heteroatoms. The highest BCUT2D eigenvalue weighted by Gasteiger charge is 2.31. The van der Waals surface area contributed by atoms with E-state index in [1.165, 1.54) is 24.3 Å². The second-order valence-corrected chi connectivity index (χ2v) is 8.42. The molecule has 1 aromatic carbocycles. The van der Waals surface area contributed by atoms with Gasteiger partial charge in [0.2, 0.25) is 0 Å². The summed E-state index contributed by atoms with van der Waals surface area (Å²) in [6, 6.07) is 5.35. The lowest BCUT2D eigenvalue weighted by atomic mass is 10.0. The first-order valence-corrected chi connectivity index (χ1v) is 11.3. The minimum Gasteiger partial charge on any atom is -0.484 e. The van der Waals surface area contributed by atoms with Gasteiger partial charge in [0, 0.05) is 25.8 Å². The minimum absolute atomic E-state index is 0.0157. The van der Waals surface area contributed by atoms with Crippen LogP contribution in [0.1, 0.15) is 66.4 Å². The average Bonchev–Trinajstić information content (AvgIpc) is 2.83. The first-order chi connectivity index (χ1) is 15.5. The summed E-state index contributed by atoms with van der Waals surface area (Å²) in [5.74, 6) is 0.481. The molecule has 4 rings (SSSR count). The molecule has 2 aliphatic rings. The van der Waals surface area contributed by atoms with Crippen LogP contribution >= 0.6 is 0 Å². The molecule has 0 aliphatic carbocycles. The molecule has 2 amide bonds. The molecular weight excluding hydrogens is 411 g/mol. The van der Waals surface area contributed by atoms with E-state index in [0.29, 0.717) is 29.4 Å². The number of carbonyl (C=O) groups excluding carboxylic acids is 2. The van der Waals surface area contributed by atoms with Crippen molar-refractivity contribution < 1.29 is 18.7 Å². The second-order valence-electron chi connectivity index (χ2n) is 8.42. The van der Waals surface area contributed by atoms with Crippen LogP contribution in [0.4, 0.5) is 4.39 Å². The highest BCUT2D eigenvalue weighted by atomic mass is 19.1. The Morgan fingerprint density at radius 2 is 1.78 bits per heavy atom. The SMILES string of the molecule is Cc1nc(C2CCCCN2C(=O)COc2ccc(F)cc2)ncc1C(=O)N1CCCCC1. The second kappa shape index (κ2) is 10.1. The van der Waals surface area contributed by atoms with Crippen molar-refractivity contribution in [2.75, 3.05) is 26.2 Å². The third kappa shape index (κ3) is 5.06.